The minimum Gasteiger partial charge on any atom is -0.481 e. The minimum atomic E-state index is -1.06. The summed E-state index contributed by atoms with van der Waals surface area (Å²) in [6, 6.07) is 5.68. The van der Waals surface area contributed by atoms with Gasteiger partial charge in [0.1, 0.15) is 11.2 Å². The lowest BCUT2D eigenvalue weighted by atomic mass is 10.0. The first-order valence-corrected chi connectivity index (χ1v) is 8.56. The number of carboxylic acid groups (broad SMARTS) is 1. The van der Waals surface area contributed by atoms with Crippen LogP contribution in [0.3, 0.4) is 0 Å². The molecule has 1 aromatic rings. The molecule has 8 heteroatoms. The van der Waals surface area contributed by atoms with Crippen LogP contribution in [0.4, 0.5) is 15.3 Å². The van der Waals surface area contributed by atoms with Gasteiger partial charge in [-0.25, -0.2) is 9.59 Å². The number of nitrogens with one attached hydrogen (secondary N) is 2. The highest BCUT2D eigenvalue weighted by molar-refractivity contribution is 5.84. The summed E-state index contributed by atoms with van der Waals surface area (Å²) in [7, 11) is 0. The first kappa shape index (κ1) is 22.3. The van der Waals surface area contributed by atoms with E-state index in [4.69, 9.17) is 14.6 Å². The summed E-state index contributed by atoms with van der Waals surface area (Å²) in [6.07, 6.45) is -1.60. The van der Waals surface area contributed by atoms with Crippen LogP contribution >= 0.6 is 0 Å². The van der Waals surface area contributed by atoms with Crippen molar-refractivity contribution < 1.29 is 29.0 Å². The summed E-state index contributed by atoms with van der Waals surface area (Å²) in [5.41, 5.74) is -0.259. The van der Waals surface area contributed by atoms with Crippen molar-refractivity contribution in [3.8, 4) is 0 Å². The second kappa shape index (κ2) is 8.75. The maximum atomic E-state index is 12.0. The summed E-state index contributed by atoms with van der Waals surface area (Å²) >= 11 is 0. The molecule has 3 N–H and O–H groups in total. The van der Waals surface area contributed by atoms with Crippen molar-refractivity contribution >= 4 is 23.8 Å². The molecule has 0 bridgehead atoms. The Bertz CT molecular complexity index is 671. The van der Waals surface area contributed by atoms with Gasteiger partial charge in [0.25, 0.3) is 0 Å². The molecule has 0 radical (unpaired) electrons. The molecule has 0 heterocycles. The third kappa shape index (κ3) is 9.48. The molecule has 0 fully saturated rings. The number of alkyl carbamates (subject to hydrolysis) is 1. The topological polar surface area (TPSA) is 114 Å². The molecule has 2 amide bonds. The number of amides is 2. The third-order valence-electron chi connectivity index (χ3n) is 3.03. The quantitative estimate of drug-likeness (QED) is 0.709. The predicted molar refractivity (Wildman–Crippen MR) is 101 cm³/mol. The molecule has 0 aliphatic rings. The van der Waals surface area contributed by atoms with E-state index in [0.29, 0.717) is 11.3 Å². The van der Waals surface area contributed by atoms with Gasteiger partial charge in [-0.05, 0) is 59.2 Å². The Balaban J connectivity index is 2.84. The molecule has 0 saturated heterocycles. The van der Waals surface area contributed by atoms with Gasteiger partial charge in [0.15, 0.2) is 0 Å². The Morgan fingerprint density at radius 3 is 1.85 bits per heavy atom. The number of anilines is 1. The van der Waals surface area contributed by atoms with Gasteiger partial charge in [0.2, 0.25) is 0 Å². The summed E-state index contributed by atoms with van der Waals surface area (Å²) < 4.78 is 10.3. The molecule has 1 rings (SSSR count). The van der Waals surface area contributed by atoms with Crippen LogP contribution in [-0.2, 0) is 14.3 Å². The van der Waals surface area contributed by atoms with Crippen molar-refractivity contribution in [2.75, 3.05) is 5.32 Å². The molecule has 0 saturated carbocycles. The molecule has 27 heavy (non-hydrogen) atoms. The first-order valence-electron chi connectivity index (χ1n) is 8.56. The van der Waals surface area contributed by atoms with Gasteiger partial charge in [0.05, 0.1) is 12.5 Å². The molecular weight excluding hydrogens is 352 g/mol. The Labute approximate surface area is 159 Å². The lowest BCUT2D eigenvalue weighted by molar-refractivity contribution is -0.137. The maximum Gasteiger partial charge on any atom is 0.412 e. The highest BCUT2D eigenvalue weighted by Gasteiger charge is 2.23. The monoisotopic (exact) mass is 380 g/mol. The van der Waals surface area contributed by atoms with Crippen molar-refractivity contribution in [2.24, 2.45) is 0 Å². The van der Waals surface area contributed by atoms with Crippen LogP contribution in [0.5, 0.6) is 0 Å². The van der Waals surface area contributed by atoms with E-state index >= 15 is 0 Å². The highest BCUT2D eigenvalue weighted by atomic mass is 16.6. The van der Waals surface area contributed by atoms with E-state index in [1.165, 1.54) is 0 Å². The van der Waals surface area contributed by atoms with Gasteiger partial charge in [-0.15, -0.1) is 0 Å². The normalized spacial score (nSPS) is 12.7. The van der Waals surface area contributed by atoms with Crippen LogP contribution in [0, 0.1) is 0 Å². The first-order chi connectivity index (χ1) is 12.2. The van der Waals surface area contributed by atoms with Gasteiger partial charge < -0.3 is 19.9 Å². The number of rotatable bonds is 5. The molecule has 0 spiro atoms. The fourth-order valence-electron chi connectivity index (χ4n) is 2.10. The number of carbonyl (C=O) groups excluding carboxylic acids is 2. The standard InChI is InChI=1S/C19H28N2O6/c1-18(2,3)26-16(24)20-13-9-7-12(8-10-13)14(11-15(22)23)21-17(25)27-19(4,5)6/h7-10,14H,11H2,1-6H3,(H,20,24)(H,21,25)(H,22,23). The number of hydrogen-bond acceptors (Lipinski definition) is 5. The van der Waals surface area contributed by atoms with E-state index in [1.54, 1.807) is 65.8 Å². The Kier molecular flexibility index (Phi) is 7.21. The van der Waals surface area contributed by atoms with Crippen LogP contribution in [0.2, 0.25) is 0 Å². The molecule has 0 aliphatic heterocycles. The van der Waals surface area contributed by atoms with Crippen molar-refractivity contribution in [1.29, 1.82) is 0 Å². The Morgan fingerprint density at radius 1 is 0.926 bits per heavy atom. The van der Waals surface area contributed by atoms with Crippen LogP contribution < -0.4 is 10.6 Å². The van der Waals surface area contributed by atoms with Crippen LogP contribution in [0.25, 0.3) is 0 Å². The molecule has 8 nitrogen and oxygen atoms in total. The van der Waals surface area contributed by atoms with Gasteiger partial charge >= 0.3 is 18.2 Å². The van der Waals surface area contributed by atoms with E-state index in [0.717, 1.165) is 0 Å². The average Bonchev–Trinajstić information content (AvgIpc) is 2.42. The molecule has 0 aromatic heterocycles. The van der Waals surface area contributed by atoms with Gasteiger partial charge in [-0.2, -0.15) is 0 Å². The number of carboxylic acids is 1. The fraction of sp³-hybridized carbons (Fsp3) is 0.526. The highest BCUT2D eigenvalue weighted by Crippen LogP contribution is 2.21. The molecule has 150 valence electrons. The zero-order chi connectivity index (χ0) is 20.8. The van der Waals surface area contributed by atoms with Crippen LogP contribution in [0.15, 0.2) is 24.3 Å². The Morgan fingerprint density at radius 2 is 1.41 bits per heavy atom. The molecule has 0 aliphatic carbocycles. The van der Waals surface area contributed by atoms with E-state index in [9.17, 15) is 14.4 Å². The van der Waals surface area contributed by atoms with E-state index in [1.807, 2.05) is 0 Å². The fourth-order valence-corrected chi connectivity index (χ4v) is 2.10. The minimum absolute atomic E-state index is 0.307. The van der Waals surface area contributed by atoms with Gasteiger partial charge in [0, 0.05) is 5.69 Å². The molecular formula is C19H28N2O6. The molecule has 1 atom stereocenters. The second-order valence-electron chi connectivity index (χ2n) is 8.05. The lowest BCUT2D eigenvalue weighted by Gasteiger charge is -2.23. The smallest absolute Gasteiger partial charge is 0.412 e. The summed E-state index contributed by atoms with van der Waals surface area (Å²) in [5, 5.41) is 14.3. The third-order valence-corrected chi connectivity index (χ3v) is 3.03. The largest absolute Gasteiger partial charge is 0.481 e. The summed E-state index contributed by atoms with van der Waals surface area (Å²) in [4.78, 5) is 34.9. The maximum absolute atomic E-state index is 12.0. The number of benzene rings is 1. The van der Waals surface area contributed by atoms with Crippen molar-refractivity contribution in [2.45, 2.75) is 65.2 Å². The summed E-state index contributed by atoms with van der Waals surface area (Å²) in [6.45, 7) is 10.4. The number of ether oxygens (including phenoxy) is 2. The van der Waals surface area contributed by atoms with Gasteiger partial charge in [-0.1, -0.05) is 12.1 Å². The average molecular weight is 380 g/mol. The van der Waals surface area contributed by atoms with E-state index in [2.05, 4.69) is 10.6 Å². The van der Waals surface area contributed by atoms with Crippen molar-refractivity contribution in [3.05, 3.63) is 29.8 Å². The Hall–Kier alpha value is -2.77. The van der Waals surface area contributed by atoms with Crippen LogP contribution in [-0.4, -0.2) is 34.5 Å². The van der Waals surface area contributed by atoms with Crippen molar-refractivity contribution in [3.63, 3.8) is 0 Å². The molecule has 1 unspecified atom stereocenters. The number of aliphatic carboxylic acids is 1. The number of hydrogen-bond donors (Lipinski definition) is 3. The summed E-state index contributed by atoms with van der Waals surface area (Å²) in [5.74, 6) is -1.06. The molecule has 1 aromatic carbocycles. The second-order valence-corrected chi connectivity index (χ2v) is 8.05. The van der Waals surface area contributed by atoms with Crippen LogP contribution in [0.1, 0.15) is 59.6 Å². The van der Waals surface area contributed by atoms with E-state index in [-0.39, 0.29) is 6.42 Å². The van der Waals surface area contributed by atoms with Gasteiger partial charge in [-0.3, -0.25) is 10.1 Å². The predicted octanol–water partition coefficient (Wildman–Crippen LogP) is 4.07. The zero-order valence-corrected chi connectivity index (χ0v) is 16.6. The van der Waals surface area contributed by atoms with E-state index < -0.39 is 35.4 Å². The SMILES string of the molecule is CC(C)(C)OC(=O)Nc1ccc(C(CC(=O)O)NC(=O)OC(C)(C)C)cc1. The number of carbonyl (C=O) groups is 3. The van der Waals surface area contributed by atoms with Crippen molar-refractivity contribution in [1.82, 2.24) is 5.32 Å². The zero-order valence-electron chi connectivity index (χ0n) is 16.6. The lowest BCUT2D eigenvalue weighted by Crippen LogP contribution is -2.35.